The van der Waals surface area contributed by atoms with E-state index in [1.807, 2.05) is 6.07 Å². The van der Waals surface area contributed by atoms with E-state index in [9.17, 15) is 12.8 Å². The highest BCUT2D eigenvalue weighted by Gasteiger charge is 2.06. The molecule has 0 saturated heterocycles. The molecule has 0 fully saturated rings. The van der Waals surface area contributed by atoms with Crippen LogP contribution in [0.1, 0.15) is 18.4 Å². The van der Waals surface area contributed by atoms with Gasteiger partial charge in [-0.2, -0.15) is 8.42 Å². The lowest BCUT2D eigenvalue weighted by Gasteiger charge is -2.08. The van der Waals surface area contributed by atoms with Crippen LogP contribution in [0, 0.1) is 5.82 Å². The van der Waals surface area contributed by atoms with Gasteiger partial charge in [0.2, 0.25) is 0 Å². The molecule has 0 saturated carbocycles. The number of para-hydroxylation sites is 1. The van der Waals surface area contributed by atoms with Gasteiger partial charge in [0, 0.05) is 0 Å². The van der Waals surface area contributed by atoms with Crippen LogP contribution < -0.4 is 4.74 Å². The number of aryl methyl sites for hydroxylation is 1. The van der Waals surface area contributed by atoms with Crippen LogP contribution in [-0.4, -0.2) is 18.7 Å². The summed E-state index contributed by atoms with van der Waals surface area (Å²) in [7, 11) is -3.90. The van der Waals surface area contributed by atoms with E-state index in [1.54, 1.807) is 36.4 Å². The highest BCUT2D eigenvalue weighted by molar-refractivity contribution is 7.85. The third-order valence-electron chi connectivity index (χ3n) is 3.08. The Balaban J connectivity index is 1.94. The highest BCUT2D eigenvalue weighted by Crippen LogP contribution is 2.25. The number of unbranched alkanes of at least 4 members (excludes halogenated alkanes) is 1. The molecule has 0 bridgehead atoms. The molecule has 4 nitrogen and oxygen atoms in total. The molecule has 2 aromatic carbocycles. The molecule has 0 radical (unpaired) electrons. The molecule has 0 aliphatic rings. The van der Waals surface area contributed by atoms with E-state index in [0.29, 0.717) is 25.0 Å². The van der Waals surface area contributed by atoms with Crippen LogP contribution in [0.25, 0.3) is 0 Å². The van der Waals surface area contributed by atoms with Crippen molar-refractivity contribution in [3.05, 3.63) is 59.9 Å². The molecule has 0 aromatic heterocycles. The van der Waals surface area contributed by atoms with Crippen molar-refractivity contribution in [2.24, 2.45) is 0 Å². The van der Waals surface area contributed by atoms with Crippen molar-refractivity contribution < 1.29 is 22.1 Å². The number of benzene rings is 2. The van der Waals surface area contributed by atoms with Crippen molar-refractivity contribution in [1.29, 1.82) is 0 Å². The van der Waals surface area contributed by atoms with Crippen LogP contribution in [0.15, 0.2) is 48.5 Å². The summed E-state index contributed by atoms with van der Waals surface area (Å²) < 4.78 is 49.0. The van der Waals surface area contributed by atoms with Crippen molar-refractivity contribution in [2.45, 2.75) is 19.3 Å². The third kappa shape index (κ3) is 5.46. The third-order valence-corrected chi connectivity index (χ3v) is 3.89. The van der Waals surface area contributed by atoms with Crippen molar-refractivity contribution in [3.63, 3.8) is 0 Å². The van der Waals surface area contributed by atoms with Gasteiger partial charge < -0.3 is 4.74 Å². The molecule has 0 aliphatic heterocycles. The zero-order valence-corrected chi connectivity index (χ0v) is 12.7. The quantitative estimate of drug-likeness (QED) is 0.621. The average Bonchev–Trinajstić information content (AvgIpc) is 2.46. The van der Waals surface area contributed by atoms with Gasteiger partial charge in [0.25, 0.3) is 10.1 Å². The van der Waals surface area contributed by atoms with Gasteiger partial charge in [-0.25, -0.2) is 4.39 Å². The molecule has 2 aromatic rings. The lowest BCUT2D eigenvalue weighted by atomic mass is 10.1. The van der Waals surface area contributed by atoms with E-state index < -0.39 is 15.9 Å². The summed E-state index contributed by atoms with van der Waals surface area (Å²) in [4.78, 5) is 0. The average molecular weight is 324 g/mol. The summed E-state index contributed by atoms with van der Waals surface area (Å²) in [5, 5.41) is 0. The van der Waals surface area contributed by atoms with Gasteiger partial charge in [-0.1, -0.05) is 24.3 Å². The predicted octanol–water partition coefficient (Wildman–Crippen LogP) is 3.83. The zero-order chi connectivity index (χ0) is 16.0. The molecule has 6 heteroatoms. The molecular formula is C16H17FO4S. The van der Waals surface area contributed by atoms with Crippen LogP contribution in [0.3, 0.4) is 0 Å². The van der Waals surface area contributed by atoms with Gasteiger partial charge >= 0.3 is 0 Å². The second kappa shape index (κ2) is 7.38. The first-order chi connectivity index (χ1) is 10.4. The first-order valence-electron chi connectivity index (χ1n) is 6.90. The molecule has 0 aliphatic carbocycles. The minimum absolute atomic E-state index is 0.158. The van der Waals surface area contributed by atoms with Gasteiger partial charge in [-0.15, -0.1) is 0 Å². The SMILES string of the molecule is O=S(=O)(O)CCCCc1cccc(Oc2ccccc2F)c1. The minimum Gasteiger partial charge on any atom is -0.454 e. The van der Waals surface area contributed by atoms with Crippen LogP contribution in [-0.2, 0) is 16.5 Å². The van der Waals surface area contributed by atoms with E-state index in [-0.39, 0.29) is 11.5 Å². The van der Waals surface area contributed by atoms with Gasteiger partial charge in [-0.05, 0) is 49.1 Å². The maximum Gasteiger partial charge on any atom is 0.264 e. The van der Waals surface area contributed by atoms with Crippen LogP contribution >= 0.6 is 0 Å². The molecule has 0 heterocycles. The predicted molar refractivity (Wildman–Crippen MR) is 82.3 cm³/mol. The Hall–Kier alpha value is -1.92. The van der Waals surface area contributed by atoms with Gasteiger partial charge in [0.1, 0.15) is 5.75 Å². The lowest BCUT2D eigenvalue weighted by Crippen LogP contribution is -2.03. The maximum atomic E-state index is 13.5. The van der Waals surface area contributed by atoms with Gasteiger partial charge in [0.15, 0.2) is 11.6 Å². The Morgan fingerprint density at radius 2 is 1.82 bits per heavy atom. The summed E-state index contributed by atoms with van der Waals surface area (Å²) >= 11 is 0. The van der Waals surface area contributed by atoms with Crippen molar-refractivity contribution >= 4 is 10.1 Å². The smallest absolute Gasteiger partial charge is 0.264 e. The Bertz CT molecular complexity index is 728. The topological polar surface area (TPSA) is 63.6 Å². The Kier molecular flexibility index (Phi) is 5.51. The second-order valence-corrected chi connectivity index (χ2v) is 6.50. The number of ether oxygens (including phenoxy) is 1. The normalized spacial score (nSPS) is 11.4. The number of hydrogen-bond donors (Lipinski definition) is 1. The fourth-order valence-corrected chi connectivity index (χ4v) is 2.60. The first-order valence-corrected chi connectivity index (χ1v) is 8.51. The first kappa shape index (κ1) is 16.5. The summed E-state index contributed by atoms with van der Waals surface area (Å²) in [6, 6.07) is 13.4. The highest BCUT2D eigenvalue weighted by atomic mass is 32.2. The van der Waals surface area contributed by atoms with E-state index >= 15 is 0 Å². The number of rotatable bonds is 7. The van der Waals surface area contributed by atoms with Crippen LogP contribution in [0.4, 0.5) is 4.39 Å². The fourth-order valence-electron chi connectivity index (χ4n) is 2.03. The largest absolute Gasteiger partial charge is 0.454 e. The number of halogens is 1. The van der Waals surface area contributed by atoms with Gasteiger partial charge in [-0.3, -0.25) is 4.55 Å². The monoisotopic (exact) mass is 324 g/mol. The minimum atomic E-state index is -3.90. The standard InChI is InChI=1S/C16H17FO4S/c17-15-9-1-2-10-16(15)21-14-8-5-7-13(12-14)6-3-4-11-22(18,19)20/h1-2,5,7-10,12H,3-4,6,11H2,(H,18,19,20). The van der Waals surface area contributed by atoms with Gasteiger partial charge in [0.05, 0.1) is 5.75 Å². The molecule has 118 valence electrons. The number of hydrogen-bond acceptors (Lipinski definition) is 3. The zero-order valence-electron chi connectivity index (χ0n) is 11.9. The molecule has 22 heavy (non-hydrogen) atoms. The van der Waals surface area contributed by atoms with Crippen LogP contribution in [0.5, 0.6) is 11.5 Å². The molecule has 1 N–H and O–H groups in total. The summed E-state index contributed by atoms with van der Waals surface area (Å²) in [5.74, 6) is 0.0164. The molecule has 0 amide bonds. The van der Waals surface area contributed by atoms with Crippen molar-refractivity contribution in [2.75, 3.05) is 5.75 Å². The van der Waals surface area contributed by atoms with E-state index in [4.69, 9.17) is 9.29 Å². The fraction of sp³-hybridized carbons (Fsp3) is 0.250. The Morgan fingerprint density at radius 1 is 1.05 bits per heavy atom. The van der Waals surface area contributed by atoms with E-state index in [2.05, 4.69) is 0 Å². The Labute approximate surface area is 129 Å². The molecule has 0 spiro atoms. The van der Waals surface area contributed by atoms with E-state index in [1.165, 1.54) is 6.07 Å². The van der Waals surface area contributed by atoms with Crippen molar-refractivity contribution in [3.8, 4) is 11.5 Å². The maximum absolute atomic E-state index is 13.5. The summed E-state index contributed by atoms with van der Waals surface area (Å²) in [6.07, 6.45) is 1.67. The second-order valence-electron chi connectivity index (χ2n) is 4.92. The Morgan fingerprint density at radius 3 is 2.55 bits per heavy atom. The lowest BCUT2D eigenvalue weighted by molar-refractivity contribution is 0.441. The summed E-state index contributed by atoms with van der Waals surface area (Å²) in [5.41, 5.74) is 0.962. The van der Waals surface area contributed by atoms with Crippen molar-refractivity contribution in [1.82, 2.24) is 0 Å². The summed E-state index contributed by atoms with van der Waals surface area (Å²) in [6.45, 7) is 0. The molecule has 2 rings (SSSR count). The molecular weight excluding hydrogens is 307 g/mol. The van der Waals surface area contributed by atoms with E-state index in [0.717, 1.165) is 5.56 Å². The molecule has 0 atom stereocenters. The van der Waals surface area contributed by atoms with Crippen LogP contribution in [0.2, 0.25) is 0 Å². The molecule has 0 unspecified atom stereocenters.